The number of carbonyl (C=O) groups is 1. The van der Waals surface area contributed by atoms with Gasteiger partial charge >= 0.3 is 0 Å². The number of aryl methyl sites for hydroxylation is 1. The summed E-state index contributed by atoms with van der Waals surface area (Å²) in [6, 6.07) is 9.57. The van der Waals surface area contributed by atoms with Crippen LogP contribution in [0.15, 0.2) is 47.3 Å². The summed E-state index contributed by atoms with van der Waals surface area (Å²) >= 11 is 6.11. The van der Waals surface area contributed by atoms with Crippen LogP contribution in [0.5, 0.6) is 5.75 Å². The normalized spacial score (nSPS) is 14.3. The number of ether oxygens (including phenoxy) is 1. The average molecular weight is 415 g/mol. The molecule has 1 aromatic carbocycles. The third-order valence-electron chi connectivity index (χ3n) is 5.22. The van der Waals surface area contributed by atoms with Gasteiger partial charge in [-0.1, -0.05) is 11.6 Å². The molecule has 0 aliphatic carbocycles. The van der Waals surface area contributed by atoms with Gasteiger partial charge in [-0.15, -0.1) is 0 Å². The Kier molecular flexibility index (Phi) is 5.49. The molecule has 0 N–H and O–H groups in total. The van der Waals surface area contributed by atoms with Gasteiger partial charge in [0.1, 0.15) is 12.3 Å². The van der Waals surface area contributed by atoms with Crippen molar-refractivity contribution in [1.29, 1.82) is 0 Å². The molecule has 29 heavy (non-hydrogen) atoms. The molecule has 3 heterocycles. The van der Waals surface area contributed by atoms with Gasteiger partial charge in [0.25, 0.3) is 0 Å². The largest absolute Gasteiger partial charge is 0.495 e. The zero-order valence-electron chi connectivity index (χ0n) is 16.5. The Hall–Kier alpha value is -2.93. The number of furan rings is 1. The highest BCUT2D eigenvalue weighted by atomic mass is 35.5. The maximum absolute atomic E-state index is 12.8. The van der Waals surface area contributed by atoms with Gasteiger partial charge in [0.05, 0.1) is 30.4 Å². The van der Waals surface area contributed by atoms with E-state index < -0.39 is 0 Å². The molecule has 0 spiro atoms. The lowest BCUT2D eigenvalue weighted by Gasteiger charge is -2.36. The zero-order chi connectivity index (χ0) is 20.4. The van der Waals surface area contributed by atoms with E-state index in [2.05, 4.69) is 10.00 Å². The van der Waals surface area contributed by atoms with Crippen molar-refractivity contribution in [3.05, 3.63) is 53.6 Å². The fourth-order valence-electron chi connectivity index (χ4n) is 3.51. The van der Waals surface area contributed by atoms with Crippen molar-refractivity contribution in [1.82, 2.24) is 14.7 Å². The summed E-state index contributed by atoms with van der Waals surface area (Å²) in [5.74, 6) is 0.730. The summed E-state index contributed by atoms with van der Waals surface area (Å²) < 4.78 is 12.2. The van der Waals surface area contributed by atoms with Gasteiger partial charge < -0.3 is 19.0 Å². The summed E-state index contributed by atoms with van der Waals surface area (Å²) in [7, 11) is 1.61. The Morgan fingerprint density at radius 1 is 1.21 bits per heavy atom. The Bertz CT molecular complexity index is 992. The fourth-order valence-corrected chi connectivity index (χ4v) is 3.70. The van der Waals surface area contributed by atoms with Crippen LogP contribution in [0.4, 0.5) is 5.69 Å². The van der Waals surface area contributed by atoms with Crippen LogP contribution in [-0.2, 0) is 11.3 Å². The van der Waals surface area contributed by atoms with Crippen molar-refractivity contribution in [2.24, 2.45) is 0 Å². The number of piperazine rings is 1. The maximum Gasteiger partial charge on any atom is 0.244 e. The van der Waals surface area contributed by atoms with E-state index in [0.29, 0.717) is 23.9 Å². The number of anilines is 1. The van der Waals surface area contributed by atoms with Crippen molar-refractivity contribution < 1.29 is 13.9 Å². The highest BCUT2D eigenvalue weighted by Gasteiger charge is 2.23. The summed E-state index contributed by atoms with van der Waals surface area (Å²) in [5.41, 5.74) is 3.71. The lowest BCUT2D eigenvalue weighted by atomic mass is 10.2. The number of nitrogens with zero attached hydrogens (tertiary/aromatic N) is 4. The molecule has 1 aliphatic heterocycles. The number of hydrogen-bond donors (Lipinski definition) is 0. The Labute approximate surface area is 174 Å². The lowest BCUT2D eigenvalue weighted by molar-refractivity contribution is -0.132. The maximum atomic E-state index is 12.8. The number of aromatic nitrogens is 2. The van der Waals surface area contributed by atoms with Gasteiger partial charge in [-0.2, -0.15) is 5.10 Å². The van der Waals surface area contributed by atoms with E-state index in [1.165, 1.54) is 0 Å². The van der Waals surface area contributed by atoms with Gasteiger partial charge in [0.15, 0.2) is 0 Å². The van der Waals surface area contributed by atoms with Crippen molar-refractivity contribution in [2.75, 3.05) is 38.2 Å². The van der Waals surface area contributed by atoms with Crippen LogP contribution < -0.4 is 9.64 Å². The quantitative estimate of drug-likeness (QED) is 0.639. The first kappa shape index (κ1) is 19.4. The van der Waals surface area contributed by atoms with E-state index in [0.717, 1.165) is 35.7 Å². The second-order valence-electron chi connectivity index (χ2n) is 7.03. The Morgan fingerprint density at radius 3 is 2.69 bits per heavy atom. The van der Waals surface area contributed by atoms with E-state index in [9.17, 15) is 4.79 Å². The van der Waals surface area contributed by atoms with Gasteiger partial charge in [-0.05, 0) is 31.2 Å². The first-order chi connectivity index (χ1) is 14.0. The molecule has 1 saturated heterocycles. The molecule has 4 rings (SSSR count). The van der Waals surface area contributed by atoms with Gasteiger partial charge in [-0.3, -0.25) is 9.48 Å². The number of halogens is 1. The highest BCUT2D eigenvalue weighted by Crippen LogP contribution is 2.29. The SMILES string of the molecule is COc1cc(N2CCN(C(=O)Cn3nc(-c4ccoc4)cc3C)CC2)ccc1Cl. The minimum absolute atomic E-state index is 0.0725. The summed E-state index contributed by atoms with van der Waals surface area (Å²) in [4.78, 5) is 16.9. The lowest BCUT2D eigenvalue weighted by Crippen LogP contribution is -2.49. The van der Waals surface area contributed by atoms with Gasteiger partial charge in [-0.25, -0.2) is 0 Å². The van der Waals surface area contributed by atoms with Crippen LogP contribution in [0, 0.1) is 6.92 Å². The predicted octanol–water partition coefficient (Wildman–Crippen LogP) is 3.46. The average Bonchev–Trinajstić information content (AvgIpc) is 3.39. The molecule has 0 unspecified atom stereocenters. The van der Waals surface area contributed by atoms with Crippen molar-refractivity contribution in [3.8, 4) is 17.0 Å². The van der Waals surface area contributed by atoms with Crippen LogP contribution in [-0.4, -0.2) is 53.9 Å². The topological polar surface area (TPSA) is 63.7 Å². The van der Waals surface area contributed by atoms with Crippen LogP contribution in [0.1, 0.15) is 5.69 Å². The van der Waals surface area contributed by atoms with Crippen LogP contribution >= 0.6 is 11.6 Å². The third kappa shape index (κ3) is 4.10. The van der Waals surface area contributed by atoms with Crippen molar-refractivity contribution in [3.63, 3.8) is 0 Å². The summed E-state index contributed by atoms with van der Waals surface area (Å²) in [6.45, 7) is 5.04. The van der Waals surface area contributed by atoms with Gasteiger partial charge in [0.2, 0.25) is 5.91 Å². The second-order valence-corrected chi connectivity index (χ2v) is 7.43. The predicted molar refractivity (Wildman–Crippen MR) is 111 cm³/mol. The Balaban J connectivity index is 1.37. The van der Waals surface area contributed by atoms with E-state index in [-0.39, 0.29) is 12.5 Å². The molecule has 1 fully saturated rings. The molecule has 152 valence electrons. The summed E-state index contributed by atoms with van der Waals surface area (Å²) in [6.07, 6.45) is 3.27. The van der Waals surface area contributed by atoms with Crippen LogP contribution in [0.25, 0.3) is 11.3 Å². The fraction of sp³-hybridized carbons (Fsp3) is 0.333. The van der Waals surface area contributed by atoms with E-state index in [4.69, 9.17) is 20.8 Å². The minimum Gasteiger partial charge on any atom is -0.495 e. The molecule has 8 heteroatoms. The smallest absolute Gasteiger partial charge is 0.244 e. The monoisotopic (exact) mass is 414 g/mol. The number of benzene rings is 1. The number of hydrogen-bond acceptors (Lipinski definition) is 5. The number of methoxy groups -OCH3 is 1. The molecule has 0 bridgehead atoms. The first-order valence-corrected chi connectivity index (χ1v) is 9.86. The first-order valence-electron chi connectivity index (χ1n) is 9.48. The van der Waals surface area contributed by atoms with E-state index in [1.807, 2.05) is 42.2 Å². The standard InChI is InChI=1S/C21H23ClN4O3/c1-15-11-19(16-5-10-29-14-16)23-26(15)13-21(27)25-8-6-24(7-9-25)17-3-4-18(22)20(12-17)28-2/h3-5,10-12,14H,6-9,13H2,1-2H3. The molecule has 0 radical (unpaired) electrons. The summed E-state index contributed by atoms with van der Waals surface area (Å²) in [5, 5.41) is 5.14. The van der Waals surface area contributed by atoms with E-state index >= 15 is 0 Å². The number of carbonyl (C=O) groups excluding carboxylic acids is 1. The van der Waals surface area contributed by atoms with Crippen molar-refractivity contribution in [2.45, 2.75) is 13.5 Å². The number of rotatable bonds is 5. The highest BCUT2D eigenvalue weighted by molar-refractivity contribution is 6.32. The Morgan fingerprint density at radius 2 is 2.00 bits per heavy atom. The molecule has 0 atom stereocenters. The van der Waals surface area contributed by atoms with Crippen molar-refractivity contribution >= 4 is 23.2 Å². The molecular formula is C21H23ClN4O3. The molecule has 7 nitrogen and oxygen atoms in total. The molecule has 1 aliphatic rings. The second kappa shape index (κ2) is 8.21. The molecule has 2 aromatic heterocycles. The molecule has 3 aromatic rings. The number of amides is 1. The zero-order valence-corrected chi connectivity index (χ0v) is 17.2. The van der Waals surface area contributed by atoms with Crippen LogP contribution in [0.2, 0.25) is 5.02 Å². The minimum atomic E-state index is 0.0725. The van der Waals surface area contributed by atoms with E-state index in [1.54, 1.807) is 24.3 Å². The third-order valence-corrected chi connectivity index (χ3v) is 5.53. The molecule has 1 amide bonds. The molecular weight excluding hydrogens is 392 g/mol. The molecule has 0 saturated carbocycles. The van der Waals surface area contributed by atoms with Gasteiger partial charge in [0, 0.05) is 49.2 Å². The van der Waals surface area contributed by atoms with Crippen LogP contribution in [0.3, 0.4) is 0 Å².